The van der Waals surface area contributed by atoms with Gasteiger partial charge in [-0.3, -0.25) is 4.68 Å². The molecule has 2 aromatic rings. The van der Waals surface area contributed by atoms with Gasteiger partial charge in [0.2, 0.25) is 0 Å². The van der Waals surface area contributed by atoms with Crippen LogP contribution in [0.2, 0.25) is 0 Å². The van der Waals surface area contributed by atoms with Crippen LogP contribution in [0.3, 0.4) is 0 Å². The van der Waals surface area contributed by atoms with E-state index in [2.05, 4.69) is 51.9 Å². The van der Waals surface area contributed by atoms with E-state index in [0.29, 0.717) is 5.82 Å². The smallest absolute Gasteiger partial charge is 0.128 e. The lowest BCUT2D eigenvalue weighted by molar-refractivity contribution is 0.284. The van der Waals surface area contributed by atoms with Crippen LogP contribution in [0.15, 0.2) is 24.3 Å². The van der Waals surface area contributed by atoms with E-state index in [-0.39, 0.29) is 10.8 Å². The first-order chi connectivity index (χ1) is 10.5. The van der Waals surface area contributed by atoms with E-state index in [1.165, 1.54) is 5.56 Å². The Kier molecular flexibility index (Phi) is 4.47. The number of hydrogen-bond acceptors (Lipinski definition) is 3. The molecule has 23 heavy (non-hydrogen) atoms. The lowest BCUT2D eigenvalue weighted by atomic mass is 9.72. The molecule has 0 radical (unpaired) electrons. The fourth-order valence-electron chi connectivity index (χ4n) is 3.37. The highest BCUT2D eigenvalue weighted by Gasteiger charge is 2.28. The molecule has 0 aliphatic heterocycles. The van der Waals surface area contributed by atoms with Crippen molar-refractivity contribution >= 4 is 5.82 Å². The monoisotopic (exact) mass is 315 g/mol. The Balaban J connectivity index is 2.51. The van der Waals surface area contributed by atoms with E-state index in [0.717, 1.165) is 23.4 Å². The number of nitrogens with zero attached hydrogens (tertiary/aromatic N) is 2. The van der Waals surface area contributed by atoms with Crippen LogP contribution in [0.25, 0.3) is 11.3 Å². The van der Waals surface area contributed by atoms with E-state index >= 15 is 0 Å². The van der Waals surface area contributed by atoms with Gasteiger partial charge in [0.05, 0.1) is 12.8 Å². The number of rotatable bonds is 4. The van der Waals surface area contributed by atoms with E-state index in [4.69, 9.17) is 10.5 Å². The van der Waals surface area contributed by atoms with Crippen molar-refractivity contribution < 1.29 is 4.74 Å². The topological polar surface area (TPSA) is 53.1 Å². The van der Waals surface area contributed by atoms with Gasteiger partial charge >= 0.3 is 0 Å². The van der Waals surface area contributed by atoms with E-state index in [9.17, 15) is 0 Å². The summed E-state index contributed by atoms with van der Waals surface area (Å²) in [5.41, 5.74) is 9.38. The van der Waals surface area contributed by atoms with Crippen LogP contribution in [-0.2, 0) is 12.5 Å². The lowest BCUT2D eigenvalue weighted by Crippen LogP contribution is -2.24. The van der Waals surface area contributed by atoms with Crippen LogP contribution in [0, 0.1) is 5.41 Å². The molecule has 126 valence electrons. The molecule has 1 aromatic carbocycles. The Hall–Kier alpha value is -1.97. The average molecular weight is 315 g/mol. The molecule has 0 unspecified atom stereocenters. The van der Waals surface area contributed by atoms with E-state index in [1.807, 2.05) is 19.2 Å². The minimum Gasteiger partial charge on any atom is -0.496 e. The molecule has 0 aliphatic rings. The summed E-state index contributed by atoms with van der Waals surface area (Å²) in [6.07, 6.45) is 1.09. The number of methoxy groups -OCH3 is 1. The molecule has 2 N–H and O–H groups in total. The maximum absolute atomic E-state index is 5.94. The SMILES string of the molecule is COc1ccc(C(C)(C)CC(C)(C)C)cc1-c1cc(N)n(C)n1. The number of anilines is 1. The van der Waals surface area contributed by atoms with Crippen LogP contribution in [0.1, 0.15) is 46.6 Å². The maximum atomic E-state index is 5.94. The second kappa shape index (κ2) is 5.91. The van der Waals surface area contributed by atoms with Gasteiger partial charge in [-0.05, 0) is 34.9 Å². The van der Waals surface area contributed by atoms with Crippen molar-refractivity contribution in [2.75, 3.05) is 12.8 Å². The molecular weight excluding hydrogens is 286 g/mol. The van der Waals surface area contributed by atoms with Crippen molar-refractivity contribution in [1.29, 1.82) is 0 Å². The molecule has 4 nitrogen and oxygen atoms in total. The first-order valence-corrected chi connectivity index (χ1v) is 8.02. The average Bonchev–Trinajstić information content (AvgIpc) is 2.75. The van der Waals surface area contributed by atoms with Crippen molar-refractivity contribution in [3.8, 4) is 17.0 Å². The Labute approximate surface area is 139 Å². The van der Waals surface area contributed by atoms with Gasteiger partial charge in [-0.15, -0.1) is 0 Å². The molecule has 0 amide bonds. The molecule has 0 saturated carbocycles. The first-order valence-electron chi connectivity index (χ1n) is 8.02. The van der Waals surface area contributed by atoms with Gasteiger partial charge in [-0.1, -0.05) is 40.7 Å². The number of aryl methyl sites for hydroxylation is 1. The summed E-state index contributed by atoms with van der Waals surface area (Å²) in [4.78, 5) is 0. The summed E-state index contributed by atoms with van der Waals surface area (Å²) >= 11 is 0. The standard InChI is InChI=1S/C19H29N3O/c1-18(2,3)12-19(4,5)13-8-9-16(23-7)14(10-13)15-11-17(20)22(6)21-15/h8-11H,12,20H2,1-7H3. The fraction of sp³-hybridized carbons (Fsp3) is 0.526. The minimum absolute atomic E-state index is 0.0690. The molecule has 2 rings (SSSR count). The van der Waals surface area contributed by atoms with Crippen molar-refractivity contribution in [2.45, 2.75) is 46.5 Å². The summed E-state index contributed by atoms with van der Waals surface area (Å²) in [6.45, 7) is 11.4. The maximum Gasteiger partial charge on any atom is 0.128 e. The fourth-order valence-corrected chi connectivity index (χ4v) is 3.37. The van der Waals surface area contributed by atoms with Crippen LogP contribution in [0.5, 0.6) is 5.75 Å². The van der Waals surface area contributed by atoms with Gasteiger partial charge in [0, 0.05) is 18.7 Å². The predicted molar refractivity (Wildman–Crippen MR) is 96.7 cm³/mol. The predicted octanol–water partition coefficient (Wildman–Crippen LogP) is 4.39. The number of aromatic nitrogens is 2. The molecule has 0 bridgehead atoms. The molecule has 0 saturated heterocycles. The van der Waals surface area contributed by atoms with Crippen LogP contribution in [-0.4, -0.2) is 16.9 Å². The third-order valence-electron chi connectivity index (χ3n) is 4.15. The zero-order valence-corrected chi connectivity index (χ0v) is 15.4. The van der Waals surface area contributed by atoms with Crippen molar-refractivity contribution in [1.82, 2.24) is 9.78 Å². The summed E-state index contributed by atoms with van der Waals surface area (Å²) in [7, 11) is 3.53. The number of nitrogen functional groups attached to an aromatic ring is 1. The molecule has 4 heteroatoms. The van der Waals surface area contributed by atoms with Gasteiger partial charge in [0.1, 0.15) is 11.6 Å². The minimum atomic E-state index is 0.0690. The Bertz CT molecular complexity index is 674. The highest BCUT2D eigenvalue weighted by molar-refractivity contribution is 5.70. The van der Waals surface area contributed by atoms with E-state index < -0.39 is 0 Å². The van der Waals surface area contributed by atoms with Gasteiger partial charge < -0.3 is 10.5 Å². The molecule has 0 atom stereocenters. The summed E-state index contributed by atoms with van der Waals surface area (Å²) < 4.78 is 7.21. The second-order valence-corrected chi connectivity index (χ2v) is 8.11. The highest BCUT2D eigenvalue weighted by atomic mass is 16.5. The van der Waals surface area contributed by atoms with Gasteiger partial charge in [0.15, 0.2) is 0 Å². The first kappa shape index (κ1) is 17.4. The lowest BCUT2D eigenvalue weighted by Gasteiger charge is -2.33. The zero-order valence-electron chi connectivity index (χ0n) is 15.4. The normalized spacial score (nSPS) is 12.5. The van der Waals surface area contributed by atoms with Crippen LogP contribution >= 0.6 is 0 Å². The van der Waals surface area contributed by atoms with Crippen molar-refractivity contribution in [3.05, 3.63) is 29.8 Å². The Morgan fingerprint density at radius 3 is 2.26 bits per heavy atom. The molecule has 0 aliphatic carbocycles. The summed E-state index contributed by atoms with van der Waals surface area (Å²) in [5.74, 6) is 1.46. The Morgan fingerprint density at radius 2 is 1.78 bits per heavy atom. The zero-order chi connectivity index (χ0) is 17.4. The largest absolute Gasteiger partial charge is 0.496 e. The van der Waals surface area contributed by atoms with Crippen molar-refractivity contribution in [2.24, 2.45) is 12.5 Å². The third kappa shape index (κ3) is 3.87. The van der Waals surface area contributed by atoms with Gasteiger partial charge in [-0.25, -0.2) is 0 Å². The van der Waals surface area contributed by atoms with Crippen molar-refractivity contribution in [3.63, 3.8) is 0 Å². The summed E-state index contributed by atoms with van der Waals surface area (Å²) in [5, 5.41) is 4.50. The number of nitrogens with two attached hydrogens (primary N) is 1. The van der Waals surface area contributed by atoms with Crippen LogP contribution < -0.4 is 10.5 Å². The number of hydrogen-bond donors (Lipinski definition) is 1. The molecule has 0 spiro atoms. The van der Waals surface area contributed by atoms with Crippen LogP contribution in [0.4, 0.5) is 5.82 Å². The molecule has 0 fully saturated rings. The van der Waals surface area contributed by atoms with Gasteiger partial charge in [-0.2, -0.15) is 5.10 Å². The second-order valence-electron chi connectivity index (χ2n) is 8.11. The van der Waals surface area contributed by atoms with E-state index in [1.54, 1.807) is 11.8 Å². The third-order valence-corrected chi connectivity index (χ3v) is 4.15. The van der Waals surface area contributed by atoms with Gasteiger partial charge in [0.25, 0.3) is 0 Å². The molecule has 1 heterocycles. The molecule has 1 aromatic heterocycles. The number of benzene rings is 1. The summed E-state index contributed by atoms with van der Waals surface area (Å²) in [6, 6.07) is 8.26. The molecular formula is C19H29N3O. The number of ether oxygens (including phenoxy) is 1. The Morgan fingerprint density at radius 1 is 1.13 bits per heavy atom. The quantitative estimate of drug-likeness (QED) is 0.910. The highest BCUT2D eigenvalue weighted by Crippen LogP contribution is 2.40.